The minimum absolute atomic E-state index is 0.0189. The number of thiazole rings is 1. The SMILES string of the molecule is O=C(Nc1nc2cc(-c3cccc(CO)c3)ccc2s1)c1ccc(F)cc1Cl. The molecule has 4 aromatic rings. The maximum Gasteiger partial charge on any atom is 0.258 e. The lowest BCUT2D eigenvalue weighted by atomic mass is 10.0. The zero-order chi connectivity index (χ0) is 19.7. The fraction of sp³-hybridized carbons (Fsp3) is 0.0476. The second-order valence-corrected chi connectivity index (χ2v) is 7.58. The van der Waals surface area contributed by atoms with Gasteiger partial charge in [-0.1, -0.05) is 47.2 Å². The fourth-order valence-electron chi connectivity index (χ4n) is 2.85. The maximum atomic E-state index is 13.2. The summed E-state index contributed by atoms with van der Waals surface area (Å²) in [5.74, 6) is -0.945. The van der Waals surface area contributed by atoms with E-state index in [9.17, 15) is 14.3 Å². The smallest absolute Gasteiger partial charge is 0.258 e. The van der Waals surface area contributed by atoms with E-state index in [-0.39, 0.29) is 17.2 Å². The van der Waals surface area contributed by atoms with Crippen molar-refractivity contribution < 1.29 is 14.3 Å². The number of rotatable bonds is 4. The molecule has 2 N–H and O–H groups in total. The van der Waals surface area contributed by atoms with Gasteiger partial charge in [-0.15, -0.1) is 0 Å². The molecule has 4 nitrogen and oxygen atoms in total. The molecule has 0 saturated carbocycles. The Morgan fingerprint density at radius 3 is 2.71 bits per heavy atom. The number of carbonyl (C=O) groups excluding carboxylic acids is 1. The molecule has 0 spiro atoms. The number of carbonyl (C=O) groups is 1. The Bertz CT molecular complexity index is 1190. The predicted molar refractivity (Wildman–Crippen MR) is 110 cm³/mol. The summed E-state index contributed by atoms with van der Waals surface area (Å²) in [4.78, 5) is 16.9. The second-order valence-electron chi connectivity index (χ2n) is 6.14. The number of fused-ring (bicyclic) bond motifs is 1. The van der Waals surface area contributed by atoms with Crippen LogP contribution in [-0.4, -0.2) is 16.0 Å². The van der Waals surface area contributed by atoms with E-state index in [1.165, 1.54) is 23.5 Å². The van der Waals surface area contributed by atoms with E-state index in [0.29, 0.717) is 5.13 Å². The van der Waals surface area contributed by atoms with Gasteiger partial charge in [0.05, 0.1) is 27.4 Å². The molecule has 1 aromatic heterocycles. The van der Waals surface area contributed by atoms with Crippen LogP contribution in [0.2, 0.25) is 5.02 Å². The minimum Gasteiger partial charge on any atom is -0.392 e. The van der Waals surface area contributed by atoms with Crippen molar-refractivity contribution in [2.75, 3.05) is 5.32 Å². The molecule has 3 aromatic carbocycles. The van der Waals surface area contributed by atoms with E-state index in [1.807, 2.05) is 42.5 Å². The first kappa shape index (κ1) is 18.6. The Morgan fingerprint density at radius 2 is 1.93 bits per heavy atom. The van der Waals surface area contributed by atoms with Gasteiger partial charge < -0.3 is 5.11 Å². The summed E-state index contributed by atoms with van der Waals surface area (Å²) in [6, 6.07) is 17.1. The number of nitrogens with zero attached hydrogens (tertiary/aromatic N) is 1. The van der Waals surface area contributed by atoms with Gasteiger partial charge in [-0.3, -0.25) is 10.1 Å². The first-order chi connectivity index (χ1) is 13.5. The van der Waals surface area contributed by atoms with Crippen LogP contribution in [0.1, 0.15) is 15.9 Å². The molecule has 1 amide bonds. The van der Waals surface area contributed by atoms with E-state index in [1.54, 1.807) is 0 Å². The third-order valence-electron chi connectivity index (χ3n) is 4.23. The number of aliphatic hydroxyl groups excluding tert-OH is 1. The lowest BCUT2D eigenvalue weighted by molar-refractivity contribution is 0.102. The zero-order valence-electron chi connectivity index (χ0n) is 14.4. The normalized spacial score (nSPS) is 11.0. The average Bonchev–Trinajstić information content (AvgIpc) is 3.09. The van der Waals surface area contributed by atoms with Crippen LogP contribution in [0.4, 0.5) is 9.52 Å². The van der Waals surface area contributed by atoms with E-state index in [0.717, 1.165) is 33.0 Å². The van der Waals surface area contributed by atoms with Crippen LogP contribution < -0.4 is 5.32 Å². The molecular weight excluding hydrogens is 399 g/mol. The van der Waals surface area contributed by atoms with Crippen molar-refractivity contribution in [3.8, 4) is 11.1 Å². The molecule has 0 aliphatic carbocycles. The van der Waals surface area contributed by atoms with Gasteiger partial charge in [-0.25, -0.2) is 9.37 Å². The topological polar surface area (TPSA) is 62.2 Å². The molecule has 0 radical (unpaired) electrons. The van der Waals surface area contributed by atoms with Crippen LogP contribution in [0.5, 0.6) is 0 Å². The van der Waals surface area contributed by atoms with Crippen LogP contribution in [0, 0.1) is 5.82 Å². The van der Waals surface area contributed by atoms with Crippen molar-refractivity contribution in [3.63, 3.8) is 0 Å². The highest BCUT2D eigenvalue weighted by Gasteiger charge is 2.14. The van der Waals surface area contributed by atoms with Crippen molar-refractivity contribution in [1.82, 2.24) is 4.98 Å². The number of benzene rings is 3. The molecule has 140 valence electrons. The Labute approximate surface area is 169 Å². The van der Waals surface area contributed by atoms with Gasteiger partial charge in [-0.05, 0) is 53.1 Å². The highest BCUT2D eigenvalue weighted by Crippen LogP contribution is 2.31. The van der Waals surface area contributed by atoms with Gasteiger partial charge in [0.25, 0.3) is 5.91 Å². The molecule has 0 unspecified atom stereocenters. The lowest BCUT2D eigenvalue weighted by Crippen LogP contribution is -2.12. The number of anilines is 1. The van der Waals surface area contributed by atoms with Crippen molar-refractivity contribution >= 4 is 44.2 Å². The molecule has 1 heterocycles. The number of amides is 1. The molecule has 0 atom stereocenters. The second kappa shape index (κ2) is 7.67. The highest BCUT2D eigenvalue weighted by atomic mass is 35.5. The summed E-state index contributed by atoms with van der Waals surface area (Å²) in [6.07, 6.45) is 0. The van der Waals surface area contributed by atoms with Gasteiger partial charge in [0.15, 0.2) is 5.13 Å². The van der Waals surface area contributed by atoms with Crippen LogP contribution in [0.15, 0.2) is 60.7 Å². The summed E-state index contributed by atoms with van der Waals surface area (Å²) in [5.41, 5.74) is 3.71. The van der Waals surface area contributed by atoms with Crippen LogP contribution >= 0.6 is 22.9 Å². The van der Waals surface area contributed by atoms with E-state index in [4.69, 9.17) is 11.6 Å². The molecular formula is C21H14ClFN2O2S. The molecule has 0 aliphatic heterocycles. The maximum absolute atomic E-state index is 13.2. The third-order valence-corrected chi connectivity index (χ3v) is 5.49. The Kier molecular flexibility index (Phi) is 5.09. The summed E-state index contributed by atoms with van der Waals surface area (Å²) < 4.78 is 14.1. The highest BCUT2D eigenvalue weighted by molar-refractivity contribution is 7.22. The monoisotopic (exact) mass is 412 g/mol. The summed E-state index contributed by atoms with van der Waals surface area (Å²) >= 11 is 7.29. The van der Waals surface area contributed by atoms with Crippen molar-refractivity contribution in [3.05, 3.63) is 82.6 Å². The van der Waals surface area contributed by atoms with Gasteiger partial charge >= 0.3 is 0 Å². The van der Waals surface area contributed by atoms with Crippen molar-refractivity contribution in [1.29, 1.82) is 0 Å². The number of aromatic nitrogens is 1. The number of aliphatic hydroxyl groups is 1. The first-order valence-corrected chi connectivity index (χ1v) is 9.60. The first-order valence-electron chi connectivity index (χ1n) is 8.40. The Hall–Kier alpha value is -2.80. The van der Waals surface area contributed by atoms with Gasteiger partial charge in [0.1, 0.15) is 5.82 Å². The Balaban J connectivity index is 1.62. The predicted octanol–water partition coefficient (Wildman–Crippen LogP) is 5.50. The quantitative estimate of drug-likeness (QED) is 0.465. The molecule has 0 fully saturated rings. The number of hydrogen-bond donors (Lipinski definition) is 2. The summed E-state index contributed by atoms with van der Waals surface area (Å²) in [5, 5.41) is 12.5. The van der Waals surface area contributed by atoms with Crippen molar-refractivity contribution in [2.24, 2.45) is 0 Å². The molecule has 0 aliphatic rings. The average molecular weight is 413 g/mol. The molecule has 4 rings (SSSR count). The number of halogens is 2. The van der Waals surface area contributed by atoms with E-state index < -0.39 is 11.7 Å². The third kappa shape index (κ3) is 3.75. The largest absolute Gasteiger partial charge is 0.392 e. The minimum atomic E-state index is -0.501. The van der Waals surface area contributed by atoms with E-state index in [2.05, 4.69) is 10.3 Å². The standard InChI is InChI=1S/C21H14ClFN2O2S/c22-17-10-15(23)5-6-16(17)20(27)25-21-24-18-9-14(4-7-19(18)28-21)13-3-1-2-12(8-13)11-26/h1-10,26H,11H2,(H,24,25,27). The van der Waals surface area contributed by atoms with Crippen LogP contribution in [0.25, 0.3) is 21.3 Å². The van der Waals surface area contributed by atoms with Crippen LogP contribution in [-0.2, 0) is 6.61 Å². The number of nitrogens with one attached hydrogen (secondary N) is 1. The molecule has 0 saturated heterocycles. The van der Waals surface area contributed by atoms with Gasteiger partial charge in [0.2, 0.25) is 0 Å². The zero-order valence-corrected chi connectivity index (χ0v) is 16.0. The molecule has 7 heteroatoms. The molecule has 0 bridgehead atoms. The van der Waals surface area contributed by atoms with Gasteiger partial charge in [-0.2, -0.15) is 0 Å². The van der Waals surface area contributed by atoms with E-state index >= 15 is 0 Å². The van der Waals surface area contributed by atoms with Crippen molar-refractivity contribution in [2.45, 2.75) is 6.61 Å². The number of hydrogen-bond acceptors (Lipinski definition) is 4. The summed E-state index contributed by atoms with van der Waals surface area (Å²) in [7, 11) is 0. The lowest BCUT2D eigenvalue weighted by Gasteiger charge is -2.04. The fourth-order valence-corrected chi connectivity index (χ4v) is 3.94. The van der Waals surface area contributed by atoms with Crippen LogP contribution in [0.3, 0.4) is 0 Å². The summed E-state index contributed by atoms with van der Waals surface area (Å²) in [6.45, 7) is -0.0189. The Morgan fingerprint density at radius 1 is 1.11 bits per heavy atom. The molecule has 28 heavy (non-hydrogen) atoms. The van der Waals surface area contributed by atoms with Gasteiger partial charge in [0, 0.05) is 0 Å².